The molecule has 16 heteroatoms. The monoisotopic (exact) mass is 587 g/mol. The van der Waals surface area contributed by atoms with Gasteiger partial charge in [-0.25, -0.2) is 22.5 Å². The van der Waals surface area contributed by atoms with Crippen molar-refractivity contribution < 1.29 is 51.2 Å². The van der Waals surface area contributed by atoms with Gasteiger partial charge in [-0.1, -0.05) is 0 Å². The minimum Gasteiger partial charge on any atom is -0.497 e. The molecule has 2 aromatic carbocycles. The first-order valence-corrected chi connectivity index (χ1v) is 13.1. The summed E-state index contributed by atoms with van der Waals surface area (Å²) in [5.74, 6) is 0.267. The number of hydrogen-bond donors (Lipinski definition) is 3. The molecular formula is C24H25F3N3O9P. The van der Waals surface area contributed by atoms with Crippen molar-refractivity contribution in [2.24, 2.45) is 0 Å². The van der Waals surface area contributed by atoms with E-state index in [-0.39, 0.29) is 11.5 Å². The first kappa shape index (κ1) is 29.2. The van der Waals surface area contributed by atoms with Crippen molar-refractivity contribution in [1.29, 1.82) is 0 Å². The van der Waals surface area contributed by atoms with Crippen LogP contribution in [0.3, 0.4) is 0 Å². The van der Waals surface area contributed by atoms with Crippen LogP contribution in [0.2, 0.25) is 0 Å². The van der Waals surface area contributed by atoms with E-state index < -0.39 is 61.5 Å². The molecule has 216 valence electrons. The highest BCUT2D eigenvalue weighted by Gasteiger charge is 2.61. The maximum atomic E-state index is 15.1. The molecule has 2 heterocycles. The Morgan fingerprint density at radius 1 is 1.05 bits per heavy atom. The molecule has 1 fully saturated rings. The van der Waals surface area contributed by atoms with E-state index in [1.165, 1.54) is 62.8 Å². The van der Waals surface area contributed by atoms with Crippen LogP contribution in [0.4, 0.5) is 19.0 Å². The molecule has 0 bridgehead atoms. The van der Waals surface area contributed by atoms with E-state index in [0.717, 1.165) is 6.20 Å². The smallest absolute Gasteiger partial charge is 0.468 e. The molecule has 0 amide bonds. The molecule has 2 unspecified atom stereocenters. The number of hydrogen-bond acceptors (Lipinski definition) is 11. The summed E-state index contributed by atoms with van der Waals surface area (Å²) >= 11 is 0. The van der Waals surface area contributed by atoms with Gasteiger partial charge in [0.1, 0.15) is 40.2 Å². The van der Waals surface area contributed by atoms with E-state index in [1.807, 2.05) is 0 Å². The lowest BCUT2D eigenvalue weighted by Crippen LogP contribution is -2.51. The summed E-state index contributed by atoms with van der Waals surface area (Å²) in [6, 6.07) is 11.6. The minimum atomic E-state index is -4.65. The second-order valence-electron chi connectivity index (χ2n) is 8.54. The summed E-state index contributed by atoms with van der Waals surface area (Å²) in [6.07, 6.45) is -10.2. The highest BCUT2D eigenvalue weighted by molar-refractivity contribution is 7.63. The first-order chi connectivity index (χ1) is 19.0. The maximum Gasteiger partial charge on any atom is 0.468 e. The van der Waals surface area contributed by atoms with Crippen molar-refractivity contribution in [2.75, 3.05) is 26.6 Å². The number of benzene rings is 2. The number of nitrogens with two attached hydrogens (primary N) is 1. The quantitative estimate of drug-likeness (QED) is 0.297. The molecule has 0 spiro atoms. The number of aliphatic hydroxyl groups is 2. The van der Waals surface area contributed by atoms with E-state index in [0.29, 0.717) is 16.1 Å². The number of aliphatic hydroxyl groups excluding tert-OH is 2. The summed E-state index contributed by atoms with van der Waals surface area (Å²) < 4.78 is 83.7. The predicted molar refractivity (Wildman–Crippen MR) is 134 cm³/mol. The van der Waals surface area contributed by atoms with E-state index in [4.69, 9.17) is 29.0 Å². The first-order valence-electron chi connectivity index (χ1n) is 11.5. The average Bonchev–Trinajstić information content (AvgIpc) is 3.20. The highest BCUT2D eigenvalue weighted by Crippen LogP contribution is 2.49. The number of nitrogen functional groups attached to an aromatic ring is 1. The van der Waals surface area contributed by atoms with Crippen molar-refractivity contribution in [1.82, 2.24) is 9.55 Å². The zero-order valence-electron chi connectivity index (χ0n) is 21.0. The van der Waals surface area contributed by atoms with Gasteiger partial charge < -0.3 is 39.2 Å². The minimum absolute atomic E-state index is 0.00250. The molecule has 1 saturated heterocycles. The third-order valence-corrected chi connectivity index (χ3v) is 7.97. The summed E-state index contributed by atoms with van der Waals surface area (Å²) in [4.78, 5) is 16.2. The van der Waals surface area contributed by atoms with Crippen LogP contribution in [0.25, 0.3) is 0 Å². The van der Waals surface area contributed by atoms with E-state index in [9.17, 15) is 28.4 Å². The molecule has 1 aliphatic rings. The fraction of sp³-hybridized carbons (Fsp3) is 0.333. The zero-order valence-corrected chi connectivity index (χ0v) is 21.9. The Morgan fingerprint density at radius 3 is 1.93 bits per heavy atom. The molecule has 12 nitrogen and oxygen atoms in total. The lowest BCUT2D eigenvalue weighted by Gasteiger charge is -2.28. The largest absolute Gasteiger partial charge is 0.497 e. The molecule has 0 radical (unpaired) electrons. The van der Waals surface area contributed by atoms with Crippen LogP contribution in [0.15, 0.2) is 59.5 Å². The Kier molecular flexibility index (Phi) is 8.30. The van der Waals surface area contributed by atoms with Crippen LogP contribution >= 0.6 is 7.60 Å². The number of ether oxygens (including phenoxy) is 3. The molecular weight excluding hydrogens is 562 g/mol. The summed E-state index contributed by atoms with van der Waals surface area (Å²) in [7, 11) is -1.78. The lowest BCUT2D eigenvalue weighted by atomic mass is 9.97. The van der Waals surface area contributed by atoms with Crippen molar-refractivity contribution in [3.8, 4) is 23.0 Å². The van der Waals surface area contributed by atoms with Gasteiger partial charge in [0.15, 0.2) is 18.0 Å². The van der Waals surface area contributed by atoms with Gasteiger partial charge >= 0.3 is 13.3 Å². The number of alkyl halides is 3. The van der Waals surface area contributed by atoms with Gasteiger partial charge in [0.2, 0.25) is 0 Å². The summed E-state index contributed by atoms with van der Waals surface area (Å²) in [5.41, 5.74) is 1.60. The summed E-state index contributed by atoms with van der Waals surface area (Å²) in [5, 5.41) is 19.1. The standard InChI is InChI=1S/C24H25F3N3O9P/c1-35-13-3-7-15(8-4-13)38-40(34,39-16-9-5-14(36-2)6-10-16)17-11-30(23(33)29-20(17)28)21-18(25)19(32)24(12-31,37-21)22(26)27/h3-11,18-19,21-22,31-32H,12H2,1-2H3,(H2,28,29,33)/t18?,19?,21-,24-/m1/s1. The molecule has 0 saturated carbocycles. The van der Waals surface area contributed by atoms with Crippen molar-refractivity contribution >= 4 is 18.7 Å². The molecule has 4 atom stereocenters. The number of rotatable bonds is 10. The Labute approximate surface area is 225 Å². The third-order valence-electron chi connectivity index (χ3n) is 6.13. The fourth-order valence-corrected chi connectivity index (χ4v) is 5.54. The van der Waals surface area contributed by atoms with Gasteiger partial charge in [0.25, 0.3) is 6.43 Å². The van der Waals surface area contributed by atoms with Gasteiger partial charge in [0, 0.05) is 6.20 Å². The second-order valence-corrected chi connectivity index (χ2v) is 10.4. The van der Waals surface area contributed by atoms with Crippen molar-refractivity contribution in [3.05, 3.63) is 65.2 Å². The van der Waals surface area contributed by atoms with Gasteiger partial charge in [0.05, 0.1) is 20.8 Å². The molecule has 1 aromatic heterocycles. The molecule has 4 N–H and O–H groups in total. The van der Waals surface area contributed by atoms with Gasteiger partial charge in [-0.3, -0.25) is 4.57 Å². The van der Waals surface area contributed by atoms with Gasteiger partial charge in [-0.15, -0.1) is 0 Å². The van der Waals surface area contributed by atoms with Crippen LogP contribution in [-0.2, 0) is 9.30 Å². The molecule has 1 aliphatic heterocycles. The molecule has 40 heavy (non-hydrogen) atoms. The van der Waals surface area contributed by atoms with Crippen molar-refractivity contribution in [3.63, 3.8) is 0 Å². The molecule has 0 aliphatic carbocycles. The highest BCUT2D eigenvalue weighted by atomic mass is 31.2. The van der Waals surface area contributed by atoms with Crippen LogP contribution in [0.5, 0.6) is 23.0 Å². The van der Waals surface area contributed by atoms with Gasteiger partial charge in [-0.05, 0) is 48.5 Å². The van der Waals surface area contributed by atoms with Gasteiger partial charge in [-0.2, -0.15) is 4.98 Å². The molecule has 3 aromatic rings. The van der Waals surface area contributed by atoms with Crippen molar-refractivity contribution in [2.45, 2.75) is 30.5 Å². The SMILES string of the molecule is COc1ccc(OP(=O)(Oc2ccc(OC)cc2)c2cn([C@@H]3O[C@@](CO)(C(F)F)C(O)C3F)c(=O)nc2N)cc1. The molecule has 4 rings (SSSR count). The number of nitrogens with zero attached hydrogens (tertiary/aromatic N) is 2. The number of methoxy groups -OCH3 is 2. The van der Waals surface area contributed by atoms with Crippen LogP contribution in [0.1, 0.15) is 6.23 Å². The van der Waals surface area contributed by atoms with E-state index >= 15 is 4.39 Å². The predicted octanol–water partition coefficient (Wildman–Crippen LogP) is 2.04. The van der Waals surface area contributed by atoms with E-state index in [1.54, 1.807) is 0 Å². The number of aromatic nitrogens is 2. The zero-order chi connectivity index (χ0) is 29.2. The Bertz CT molecular complexity index is 1390. The normalized spacial score (nSPS) is 22.8. The summed E-state index contributed by atoms with van der Waals surface area (Å²) in [6.45, 7) is -1.47. The topological polar surface area (TPSA) is 165 Å². The third kappa shape index (κ3) is 5.32. The Balaban J connectivity index is 1.82. The lowest BCUT2D eigenvalue weighted by molar-refractivity contribution is -0.195. The fourth-order valence-electron chi connectivity index (χ4n) is 3.91. The van der Waals surface area contributed by atoms with Crippen LogP contribution in [-0.4, -0.2) is 64.9 Å². The number of halogens is 3. The average molecular weight is 587 g/mol. The van der Waals surface area contributed by atoms with Crippen LogP contribution in [0, 0.1) is 0 Å². The Hall–Kier alpha value is -3.78. The number of anilines is 1. The maximum absolute atomic E-state index is 15.1. The second kappa shape index (κ2) is 11.4. The van der Waals surface area contributed by atoms with Crippen LogP contribution < -0.4 is 35.2 Å². The Morgan fingerprint density at radius 2 is 1.52 bits per heavy atom. The van der Waals surface area contributed by atoms with E-state index in [2.05, 4.69) is 4.98 Å².